The van der Waals surface area contributed by atoms with Gasteiger partial charge < -0.3 is 25.4 Å². The average molecular weight is 347 g/mol. The highest BCUT2D eigenvalue weighted by molar-refractivity contribution is 6.27. The van der Waals surface area contributed by atoms with Crippen molar-refractivity contribution in [3.63, 3.8) is 0 Å². The molecule has 8 heteroatoms. The third-order valence-electron chi connectivity index (χ3n) is 4.30. The number of benzene rings is 1. The van der Waals surface area contributed by atoms with Crippen LogP contribution in [0.3, 0.4) is 0 Å². The van der Waals surface area contributed by atoms with E-state index in [9.17, 15) is 4.79 Å². The number of aryl methyl sites for hydroxylation is 1. The molecule has 3 rings (SSSR count). The van der Waals surface area contributed by atoms with Crippen molar-refractivity contribution in [2.75, 3.05) is 19.4 Å². The van der Waals surface area contributed by atoms with E-state index >= 15 is 0 Å². The predicted octanol–water partition coefficient (Wildman–Crippen LogP) is 1.31. The number of fused-ring (bicyclic) bond motifs is 3. The Bertz CT molecular complexity index is 785. The fourth-order valence-corrected chi connectivity index (χ4v) is 3.00. The SMILES string of the molecule is CN(C)C1CCc2[nH]c3ccc(NC=O)cc3c2C1.O=C(O)C(=O)O. The Morgan fingerprint density at radius 2 is 1.96 bits per heavy atom. The molecule has 8 nitrogen and oxygen atoms in total. The fourth-order valence-electron chi connectivity index (χ4n) is 3.00. The minimum absolute atomic E-state index is 0.606. The average Bonchev–Trinajstić information content (AvgIpc) is 2.92. The molecule has 0 spiro atoms. The molecule has 0 aliphatic heterocycles. The van der Waals surface area contributed by atoms with Crippen LogP contribution in [0.2, 0.25) is 0 Å². The van der Waals surface area contributed by atoms with Crippen molar-refractivity contribution >= 4 is 34.9 Å². The Morgan fingerprint density at radius 3 is 2.52 bits per heavy atom. The molecule has 25 heavy (non-hydrogen) atoms. The summed E-state index contributed by atoms with van der Waals surface area (Å²) >= 11 is 0. The number of H-pyrrole nitrogens is 1. The molecule has 0 saturated carbocycles. The minimum Gasteiger partial charge on any atom is -0.473 e. The molecular weight excluding hydrogens is 326 g/mol. The predicted molar refractivity (Wildman–Crippen MR) is 92.8 cm³/mol. The van der Waals surface area contributed by atoms with Crippen LogP contribution in [0.4, 0.5) is 5.69 Å². The molecule has 1 atom stereocenters. The first-order valence-corrected chi connectivity index (χ1v) is 7.79. The van der Waals surface area contributed by atoms with Crippen molar-refractivity contribution < 1.29 is 24.6 Å². The van der Waals surface area contributed by atoms with Crippen LogP contribution >= 0.6 is 0 Å². The highest BCUT2D eigenvalue weighted by Gasteiger charge is 2.23. The maximum Gasteiger partial charge on any atom is 0.414 e. The molecule has 0 radical (unpaired) electrons. The fraction of sp³-hybridized carbons (Fsp3) is 0.353. The number of aromatic nitrogens is 1. The highest BCUT2D eigenvalue weighted by atomic mass is 16.4. The first-order chi connectivity index (χ1) is 11.8. The second-order valence-electron chi connectivity index (χ2n) is 6.08. The monoisotopic (exact) mass is 347 g/mol. The number of carbonyl (C=O) groups is 3. The Labute approximate surface area is 144 Å². The van der Waals surface area contributed by atoms with Gasteiger partial charge in [0.1, 0.15) is 0 Å². The number of rotatable bonds is 3. The Morgan fingerprint density at radius 1 is 1.28 bits per heavy atom. The van der Waals surface area contributed by atoms with Crippen LogP contribution in [0, 0.1) is 0 Å². The van der Waals surface area contributed by atoms with Gasteiger partial charge in [0.15, 0.2) is 0 Å². The third-order valence-corrected chi connectivity index (χ3v) is 4.30. The molecule has 1 amide bonds. The molecule has 1 aromatic carbocycles. The zero-order valence-corrected chi connectivity index (χ0v) is 14.1. The number of likely N-dealkylation sites (N-methyl/N-ethyl adjacent to an activating group) is 1. The first kappa shape index (κ1) is 18.5. The van der Waals surface area contributed by atoms with Crippen LogP contribution in [0.5, 0.6) is 0 Å². The summed E-state index contributed by atoms with van der Waals surface area (Å²) in [5, 5.41) is 18.8. The van der Waals surface area contributed by atoms with Crippen LogP contribution in [-0.2, 0) is 27.2 Å². The van der Waals surface area contributed by atoms with Crippen LogP contribution in [0.15, 0.2) is 18.2 Å². The number of carboxylic acids is 2. The van der Waals surface area contributed by atoms with Gasteiger partial charge >= 0.3 is 11.9 Å². The number of hydrogen-bond acceptors (Lipinski definition) is 4. The molecule has 0 bridgehead atoms. The van der Waals surface area contributed by atoms with Crippen molar-refractivity contribution in [1.82, 2.24) is 9.88 Å². The van der Waals surface area contributed by atoms with Gasteiger partial charge in [-0.15, -0.1) is 0 Å². The number of nitrogens with zero attached hydrogens (tertiary/aromatic N) is 1. The molecule has 0 saturated heterocycles. The summed E-state index contributed by atoms with van der Waals surface area (Å²) in [6.45, 7) is 0. The number of carboxylic acid groups (broad SMARTS) is 2. The summed E-state index contributed by atoms with van der Waals surface area (Å²) in [6, 6.07) is 6.65. The first-order valence-electron chi connectivity index (χ1n) is 7.79. The maximum absolute atomic E-state index is 10.6. The molecule has 1 unspecified atom stereocenters. The Hall–Kier alpha value is -2.87. The third kappa shape index (κ3) is 4.36. The van der Waals surface area contributed by atoms with E-state index < -0.39 is 11.9 Å². The number of carbonyl (C=O) groups excluding carboxylic acids is 1. The number of amides is 1. The number of aromatic amines is 1. The molecule has 1 aliphatic carbocycles. The molecule has 134 valence electrons. The van der Waals surface area contributed by atoms with Crippen molar-refractivity contribution in [3.05, 3.63) is 29.5 Å². The van der Waals surface area contributed by atoms with Crippen molar-refractivity contribution in [3.8, 4) is 0 Å². The van der Waals surface area contributed by atoms with E-state index in [0.717, 1.165) is 24.9 Å². The number of anilines is 1. The van der Waals surface area contributed by atoms with E-state index in [1.165, 1.54) is 28.6 Å². The lowest BCUT2D eigenvalue weighted by atomic mass is 9.91. The van der Waals surface area contributed by atoms with Crippen molar-refractivity contribution in [1.29, 1.82) is 0 Å². The van der Waals surface area contributed by atoms with Crippen LogP contribution in [0.25, 0.3) is 10.9 Å². The number of nitrogens with one attached hydrogen (secondary N) is 2. The number of aliphatic carboxylic acids is 2. The van der Waals surface area contributed by atoms with Gasteiger partial charge in [-0.3, -0.25) is 4.79 Å². The summed E-state index contributed by atoms with van der Waals surface area (Å²) in [4.78, 5) is 34.6. The van der Waals surface area contributed by atoms with Crippen LogP contribution in [-0.4, -0.2) is 58.6 Å². The Balaban J connectivity index is 0.000000326. The highest BCUT2D eigenvalue weighted by Crippen LogP contribution is 2.31. The van der Waals surface area contributed by atoms with E-state index in [1.807, 2.05) is 12.1 Å². The standard InChI is InChI=1S/C15H19N3O.C2H2O4/c1-18(2)11-4-6-15-13(8-11)12-7-10(16-9-19)3-5-14(12)17-15;3-1(4)2(5)6/h3,5,7,9,11,17H,4,6,8H2,1-2H3,(H,16,19);(H,3,4)(H,5,6). The van der Waals surface area contributed by atoms with E-state index in [4.69, 9.17) is 19.8 Å². The normalized spacial score (nSPS) is 15.9. The lowest BCUT2D eigenvalue weighted by Gasteiger charge is -2.28. The lowest BCUT2D eigenvalue weighted by Crippen LogP contribution is -2.33. The van der Waals surface area contributed by atoms with Gasteiger partial charge in [-0.25, -0.2) is 9.59 Å². The van der Waals surface area contributed by atoms with Gasteiger partial charge in [0.2, 0.25) is 6.41 Å². The zero-order chi connectivity index (χ0) is 18.6. The molecule has 1 aliphatic rings. The summed E-state index contributed by atoms with van der Waals surface area (Å²) in [5.74, 6) is -3.65. The van der Waals surface area contributed by atoms with Crippen molar-refractivity contribution in [2.24, 2.45) is 0 Å². The molecule has 4 N–H and O–H groups in total. The van der Waals surface area contributed by atoms with Crippen LogP contribution in [0.1, 0.15) is 17.7 Å². The lowest BCUT2D eigenvalue weighted by molar-refractivity contribution is -0.159. The van der Waals surface area contributed by atoms with Gasteiger partial charge in [-0.05, 0) is 57.1 Å². The summed E-state index contributed by atoms with van der Waals surface area (Å²) < 4.78 is 0. The molecular formula is C17H21N3O5. The van der Waals surface area contributed by atoms with Gasteiger partial charge in [0, 0.05) is 28.3 Å². The second kappa shape index (κ2) is 7.80. The van der Waals surface area contributed by atoms with E-state index in [2.05, 4.69) is 35.4 Å². The zero-order valence-electron chi connectivity index (χ0n) is 14.1. The molecule has 2 aromatic rings. The molecule has 1 aromatic heterocycles. The van der Waals surface area contributed by atoms with Crippen molar-refractivity contribution in [2.45, 2.75) is 25.3 Å². The summed E-state index contributed by atoms with van der Waals surface area (Å²) in [7, 11) is 4.29. The van der Waals surface area contributed by atoms with Gasteiger partial charge in [0.25, 0.3) is 0 Å². The van der Waals surface area contributed by atoms with E-state index in [-0.39, 0.29) is 0 Å². The minimum atomic E-state index is -1.82. The van der Waals surface area contributed by atoms with Gasteiger partial charge in [0.05, 0.1) is 0 Å². The van der Waals surface area contributed by atoms with E-state index in [1.54, 1.807) is 0 Å². The van der Waals surface area contributed by atoms with E-state index in [0.29, 0.717) is 6.04 Å². The summed E-state index contributed by atoms with van der Waals surface area (Å²) in [5.41, 5.74) is 4.79. The maximum atomic E-state index is 10.6. The number of hydrogen-bond donors (Lipinski definition) is 4. The Kier molecular flexibility index (Phi) is 5.76. The second-order valence-corrected chi connectivity index (χ2v) is 6.08. The smallest absolute Gasteiger partial charge is 0.414 e. The van der Waals surface area contributed by atoms with Crippen LogP contribution < -0.4 is 5.32 Å². The summed E-state index contributed by atoms with van der Waals surface area (Å²) in [6.07, 6.45) is 4.10. The van der Waals surface area contributed by atoms with Gasteiger partial charge in [-0.2, -0.15) is 0 Å². The topological polar surface area (TPSA) is 123 Å². The quantitative estimate of drug-likeness (QED) is 0.490. The molecule has 1 heterocycles. The molecule has 0 fully saturated rings. The largest absolute Gasteiger partial charge is 0.473 e. The van der Waals surface area contributed by atoms with Gasteiger partial charge in [-0.1, -0.05) is 0 Å².